The van der Waals surface area contributed by atoms with E-state index in [0.29, 0.717) is 5.56 Å². The molecule has 0 amide bonds. The van der Waals surface area contributed by atoms with Crippen LogP contribution in [0.4, 0.5) is 8.78 Å². The Morgan fingerprint density at radius 1 is 1.35 bits per heavy atom. The maximum Gasteiger partial charge on any atom is 0.387 e. The molecule has 1 atom stereocenters. The van der Waals surface area contributed by atoms with Gasteiger partial charge < -0.3 is 19.9 Å². The molecule has 0 heterocycles. The van der Waals surface area contributed by atoms with Gasteiger partial charge in [0.1, 0.15) is 0 Å². The Morgan fingerprint density at radius 2 is 2.00 bits per heavy atom. The smallest absolute Gasteiger partial charge is 0.387 e. The highest BCUT2D eigenvalue weighted by Crippen LogP contribution is 2.32. The quantitative estimate of drug-likeness (QED) is 0.810. The number of aliphatic hydroxyl groups excluding tert-OH is 1. The minimum atomic E-state index is -2.92. The molecular weight excluding hydrogens is 268 g/mol. The van der Waals surface area contributed by atoms with E-state index in [2.05, 4.69) is 10.1 Å². The molecule has 1 unspecified atom stereocenters. The highest BCUT2D eigenvalue weighted by molar-refractivity contribution is 5.46. The zero-order valence-electron chi connectivity index (χ0n) is 12.1. The van der Waals surface area contributed by atoms with Crippen LogP contribution in [0.5, 0.6) is 11.5 Å². The number of aliphatic hydroxyl groups is 1. The van der Waals surface area contributed by atoms with Gasteiger partial charge in [0.2, 0.25) is 0 Å². The minimum absolute atomic E-state index is 0.0129. The Labute approximate surface area is 117 Å². The molecule has 20 heavy (non-hydrogen) atoms. The van der Waals surface area contributed by atoms with E-state index in [-0.39, 0.29) is 18.0 Å². The third-order valence-corrected chi connectivity index (χ3v) is 3.27. The van der Waals surface area contributed by atoms with Crippen LogP contribution in [0, 0.1) is 0 Å². The molecule has 0 aliphatic rings. The Bertz CT molecular complexity index is 436. The molecule has 2 N–H and O–H groups in total. The number of hydrogen-bond acceptors (Lipinski definition) is 4. The van der Waals surface area contributed by atoms with Crippen LogP contribution in [0.1, 0.15) is 26.3 Å². The van der Waals surface area contributed by atoms with Crippen LogP contribution >= 0.6 is 0 Å². The van der Waals surface area contributed by atoms with E-state index in [1.807, 2.05) is 13.8 Å². The molecular formula is C14H21F2NO3. The number of halogens is 2. The summed E-state index contributed by atoms with van der Waals surface area (Å²) in [6.07, 6.45) is -0.590. The first-order valence-corrected chi connectivity index (χ1v) is 6.31. The monoisotopic (exact) mass is 289 g/mol. The second kappa shape index (κ2) is 6.85. The largest absolute Gasteiger partial charge is 0.493 e. The van der Waals surface area contributed by atoms with Gasteiger partial charge in [0.05, 0.1) is 13.2 Å². The third-order valence-electron chi connectivity index (χ3n) is 3.27. The van der Waals surface area contributed by atoms with Gasteiger partial charge in [-0.25, -0.2) is 0 Å². The number of methoxy groups -OCH3 is 1. The summed E-state index contributed by atoms with van der Waals surface area (Å²) in [6.45, 7) is 2.67. The molecule has 4 nitrogen and oxygen atoms in total. The van der Waals surface area contributed by atoms with Gasteiger partial charge in [-0.15, -0.1) is 0 Å². The Morgan fingerprint density at radius 3 is 2.50 bits per heavy atom. The lowest BCUT2D eigenvalue weighted by atomic mass is 9.98. The number of hydrogen-bond donors (Lipinski definition) is 2. The van der Waals surface area contributed by atoms with Crippen LogP contribution < -0.4 is 14.8 Å². The van der Waals surface area contributed by atoms with Gasteiger partial charge in [-0.3, -0.25) is 0 Å². The summed E-state index contributed by atoms with van der Waals surface area (Å²) in [5.74, 6) is 0.262. The summed E-state index contributed by atoms with van der Waals surface area (Å²) < 4.78 is 34.5. The molecule has 114 valence electrons. The summed E-state index contributed by atoms with van der Waals surface area (Å²) >= 11 is 0. The van der Waals surface area contributed by atoms with Crippen molar-refractivity contribution in [3.05, 3.63) is 23.8 Å². The summed E-state index contributed by atoms with van der Waals surface area (Å²) in [5, 5.41) is 12.7. The van der Waals surface area contributed by atoms with Crippen molar-refractivity contribution >= 4 is 0 Å². The lowest BCUT2D eigenvalue weighted by Gasteiger charge is -2.30. The molecule has 1 rings (SSSR count). The second-order valence-corrected chi connectivity index (χ2v) is 5.08. The molecule has 0 aliphatic carbocycles. The predicted molar refractivity (Wildman–Crippen MR) is 72.2 cm³/mol. The number of alkyl halides is 2. The van der Waals surface area contributed by atoms with E-state index >= 15 is 0 Å². The summed E-state index contributed by atoms with van der Waals surface area (Å²) in [4.78, 5) is 0. The topological polar surface area (TPSA) is 50.7 Å². The number of para-hydroxylation sites is 1. The Hall–Kier alpha value is -1.40. The molecule has 0 saturated heterocycles. The highest BCUT2D eigenvalue weighted by Gasteiger charge is 2.24. The summed E-state index contributed by atoms with van der Waals surface area (Å²) in [6, 6.07) is 4.93. The van der Waals surface area contributed by atoms with Gasteiger partial charge in [0, 0.05) is 17.6 Å². The lowest BCUT2D eigenvalue weighted by Crippen LogP contribution is -2.47. The molecule has 0 aliphatic heterocycles. The number of rotatable bonds is 7. The average molecular weight is 289 g/mol. The minimum Gasteiger partial charge on any atom is -0.493 e. The van der Waals surface area contributed by atoms with E-state index in [4.69, 9.17) is 4.74 Å². The van der Waals surface area contributed by atoms with Crippen molar-refractivity contribution in [3.63, 3.8) is 0 Å². The fraction of sp³-hybridized carbons (Fsp3) is 0.571. The van der Waals surface area contributed by atoms with Gasteiger partial charge in [0.15, 0.2) is 11.5 Å². The number of benzene rings is 1. The maximum atomic E-state index is 12.5. The molecule has 1 aromatic rings. The highest BCUT2D eigenvalue weighted by atomic mass is 19.3. The van der Waals surface area contributed by atoms with Crippen molar-refractivity contribution in [1.29, 1.82) is 0 Å². The first-order valence-electron chi connectivity index (χ1n) is 6.31. The lowest BCUT2D eigenvalue weighted by molar-refractivity contribution is -0.0519. The van der Waals surface area contributed by atoms with Gasteiger partial charge in [0.25, 0.3) is 0 Å². The van der Waals surface area contributed by atoms with Gasteiger partial charge in [-0.05, 0) is 26.8 Å². The van der Waals surface area contributed by atoms with E-state index in [1.54, 1.807) is 25.1 Å². The van der Waals surface area contributed by atoms with Crippen LogP contribution in [0.3, 0.4) is 0 Å². The maximum absolute atomic E-state index is 12.5. The van der Waals surface area contributed by atoms with Gasteiger partial charge >= 0.3 is 6.61 Å². The first kappa shape index (κ1) is 16.7. The third kappa shape index (κ3) is 4.31. The molecule has 0 fully saturated rings. The molecule has 0 aromatic heterocycles. The second-order valence-electron chi connectivity index (χ2n) is 5.08. The molecule has 0 bridgehead atoms. The average Bonchev–Trinajstić information content (AvgIpc) is 2.36. The predicted octanol–water partition coefficient (Wildman–Crippen LogP) is 2.55. The fourth-order valence-corrected chi connectivity index (χ4v) is 1.55. The van der Waals surface area contributed by atoms with Crippen LogP contribution in [0.2, 0.25) is 0 Å². The number of nitrogens with one attached hydrogen (secondary N) is 1. The van der Waals surface area contributed by atoms with Crippen molar-refractivity contribution in [2.45, 2.75) is 45.6 Å². The zero-order valence-corrected chi connectivity index (χ0v) is 12.1. The van der Waals surface area contributed by atoms with Crippen LogP contribution in [-0.2, 0) is 6.54 Å². The van der Waals surface area contributed by atoms with Crippen molar-refractivity contribution in [1.82, 2.24) is 5.32 Å². The fourth-order valence-electron chi connectivity index (χ4n) is 1.55. The first-order chi connectivity index (χ1) is 9.27. The van der Waals surface area contributed by atoms with Crippen molar-refractivity contribution in [2.75, 3.05) is 7.11 Å². The van der Waals surface area contributed by atoms with Crippen LogP contribution in [0.15, 0.2) is 18.2 Å². The number of ether oxygens (including phenoxy) is 2. The standard InChI is InChI=1S/C14H21F2NO3/c1-9(18)14(2,3)17-8-10-6-5-7-11(19-4)12(10)20-13(15)16/h5-7,9,13,17-18H,8H2,1-4H3. The van der Waals surface area contributed by atoms with Crippen molar-refractivity contribution in [3.8, 4) is 11.5 Å². The van der Waals surface area contributed by atoms with Crippen LogP contribution in [0.25, 0.3) is 0 Å². The van der Waals surface area contributed by atoms with E-state index in [9.17, 15) is 13.9 Å². The molecule has 6 heteroatoms. The normalized spacial score (nSPS) is 13.4. The summed E-state index contributed by atoms with van der Waals surface area (Å²) in [7, 11) is 1.39. The van der Waals surface area contributed by atoms with E-state index in [1.165, 1.54) is 7.11 Å². The molecule has 0 saturated carbocycles. The molecule has 1 aromatic carbocycles. The molecule has 0 spiro atoms. The van der Waals surface area contributed by atoms with Crippen LogP contribution in [-0.4, -0.2) is 30.5 Å². The van der Waals surface area contributed by atoms with Crippen molar-refractivity contribution in [2.24, 2.45) is 0 Å². The van der Waals surface area contributed by atoms with Gasteiger partial charge in [-0.1, -0.05) is 12.1 Å². The zero-order chi connectivity index (χ0) is 15.3. The summed E-state index contributed by atoms with van der Waals surface area (Å²) in [5.41, 5.74) is -0.0103. The Kier molecular flexibility index (Phi) is 5.71. The van der Waals surface area contributed by atoms with E-state index < -0.39 is 18.3 Å². The van der Waals surface area contributed by atoms with Gasteiger partial charge in [-0.2, -0.15) is 8.78 Å². The Balaban J connectivity index is 2.94. The van der Waals surface area contributed by atoms with Crippen molar-refractivity contribution < 1.29 is 23.4 Å². The molecule has 0 radical (unpaired) electrons. The SMILES string of the molecule is COc1cccc(CNC(C)(C)C(C)O)c1OC(F)F. The van der Waals surface area contributed by atoms with E-state index in [0.717, 1.165) is 0 Å².